The monoisotopic (exact) mass is 432 g/mol. The van der Waals surface area contributed by atoms with E-state index in [0.29, 0.717) is 20.5 Å². The number of nitrogens with one attached hydrogen (secondary N) is 2. The highest BCUT2D eigenvalue weighted by molar-refractivity contribution is 7.18. The lowest BCUT2D eigenvalue weighted by molar-refractivity contribution is -0.124. The number of aryl methyl sites for hydroxylation is 1. The second-order valence-electron chi connectivity index (χ2n) is 6.04. The van der Waals surface area contributed by atoms with Gasteiger partial charge in [-0.15, -0.1) is 11.3 Å². The van der Waals surface area contributed by atoms with Crippen LogP contribution in [0.25, 0.3) is 0 Å². The van der Waals surface area contributed by atoms with Crippen LogP contribution in [0.15, 0.2) is 53.1 Å². The van der Waals surface area contributed by atoms with Crippen LogP contribution in [0.3, 0.4) is 0 Å². The van der Waals surface area contributed by atoms with Gasteiger partial charge in [0.05, 0.1) is 11.3 Å². The first kappa shape index (κ1) is 20.6. The molecule has 2 N–H and O–H groups in total. The maximum atomic E-state index is 12.3. The predicted molar refractivity (Wildman–Crippen MR) is 109 cm³/mol. The van der Waals surface area contributed by atoms with Gasteiger partial charge in [-0.25, -0.2) is 4.79 Å². The summed E-state index contributed by atoms with van der Waals surface area (Å²) in [6.45, 7) is 1.58. The molecule has 1 aromatic carbocycles. The zero-order valence-corrected chi connectivity index (χ0v) is 16.9. The third-order valence-electron chi connectivity index (χ3n) is 3.80. The molecule has 0 spiro atoms. The molecule has 0 atom stereocenters. The summed E-state index contributed by atoms with van der Waals surface area (Å²) in [4.78, 5) is 36.5. The zero-order valence-electron chi connectivity index (χ0n) is 15.4. The lowest BCUT2D eigenvalue weighted by Crippen LogP contribution is -2.28. The van der Waals surface area contributed by atoms with Gasteiger partial charge in [0.2, 0.25) is 0 Å². The van der Waals surface area contributed by atoms with Gasteiger partial charge in [0.1, 0.15) is 4.88 Å². The van der Waals surface area contributed by atoms with E-state index in [4.69, 9.17) is 20.8 Å². The SMILES string of the molecule is Cc1cc(NC(=O)c2ccco2)sc1C(=O)OCC(=O)NCc1cccc(Cl)c1. The molecule has 0 radical (unpaired) electrons. The fraction of sp³-hybridized carbons (Fsp3) is 0.150. The van der Waals surface area contributed by atoms with Crippen molar-refractivity contribution in [2.75, 3.05) is 11.9 Å². The number of furan rings is 1. The molecule has 0 saturated carbocycles. The molecule has 9 heteroatoms. The van der Waals surface area contributed by atoms with Crippen molar-refractivity contribution in [1.82, 2.24) is 5.32 Å². The molecule has 2 amide bonds. The third kappa shape index (κ3) is 5.69. The highest BCUT2D eigenvalue weighted by Gasteiger charge is 2.18. The van der Waals surface area contributed by atoms with E-state index in [0.717, 1.165) is 16.9 Å². The molecule has 0 aliphatic carbocycles. The van der Waals surface area contributed by atoms with Gasteiger partial charge in [0, 0.05) is 11.6 Å². The third-order valence-corrected chi connectivity index (χ3v) is 5.17. The first-order valence-corrected chi connectivity index (χ1v) is 9.75. The van der Waals surface area contributed by atoms with E-state index in [-0.39, 0.29) is 12.3 Å². The fourth-order valence-corrected chi connectivity index (χ4v) is 3.60. The Kier molecular flexibility index (Phi) is 6.69. The summed E-state index contributed by atoms with van der Waals surface area (Å²) in [7, 11) is 0. The van der Waals surface area contributed by atoms with Crippen molar-refractivity contribution in [2.45, 2.75) is 13.5 Å². The van der Waals surface area contributed by atoms with Crippen LogP contribution in [-0.2, 0) is 16.1 Å². The first-order valence-electron chi connectivity index (χ1n) is 8.56. The van der Waals surface area contributed by atoms with Crippen molar-refractivity contribution in [3.8, 4) is 0 Å². The van der Waals surface area contributed by atoms with E-state index in [9.17, 15) is 14.4 Å². The Labute approximate surface area is 175 Å². The molecular formula is C20H17ClN2O5S. The summed E-state index contributed by atoms with van der Waals surface area (Å²) in [5.41, 5.74) is 1.47. The second-order valence-corrected chi connectivity index (χ2v) is 7.53. The van der Waals surface area contributed by atoms with E-state index in [1.165, 1.54) is 12.3 Å². The Bertz CT molecular complexity index is 1030. The summed E-state index contributed by atoms with van der Waals surface area (Å²) in [5, 5.41) is 6.36. The van der Waals surface area contributed by atoms with Gasteiger partial charge in [0.15, 0.2) is 12.4 Å². The van der Waals surface area contributed by atoms with Crippen LogP contribution in [0.1, 0.15) is 31.4 Å². The summed E-state index contributed by atoms with van der Waals surface area (Å²) in [6.07, 6.45) is 1.40. The second kappa shape index (κ2) is 9.40. The lowest BCUT2D eigenvalue weighted by atomic mass is 10.2. The zero-order chi connectivity index (χ0) is 20.8. The van der Waals surface area contributed by atoms with Gasteiger partial charge >= 0.3 is 5.97 Å². The Hall–Kier alpha value is -3.10. The van der Waals surface area contributed by atoms with Gasteiger partial charge in [-0.2, -0.15) is 0 Å². The predicted octanol–water partition coefficient (Wildman–Crippen LogP) is 4.03. The fourth-order valence-electron chi connectivity index (χ4n) is 2.42. The molecular weight excluding hydrogens is 416 g/mol. The molecule has 7 nitrogen and oxygen atoms in total. The average molecular weight is 433 g/mol. The average Bonchev–Trinajstić information content (AvgIpc) is 3.34. The number of carbonyl (C=O) groups excluding carboxylic acids is 3. The van der Waals surface area contributed by atoms with E-state index in [1.807, 2.05) is 6.07 Å². The number of thiophene rings is 1. The van der Waals surface area contributed by atoms with Crippen LogP contribution >= 0.6 is 22.9 Å². The molecule has 0 saturated heterocycles. The number of amides is 2. The van der Waals surface area contributed by atoms with Crippen LogP contribution in [0.2, 0.25) is 5.02 Å². The summed E-state index contributed by atoms with van der Waals surface area (Å²) in [6, 6.07) is 11.9. The van der Waals surface area contributed by atoms with Crippen molar-refractivity contribution in [2.24, 2.45) is 0 Å². The molecule has 0 fully saturated rings. The van der Waals surface area contributed by atoms with Gasteiger partial charge in [0.25, 0.3) is 11.8 Å². The van der Waals surface area contributed by atoms with E-state index in [2.05, 4.69) is 10.6 Å². The van der Waals surface area contributed by atoms with Crippen molar-refractivity contribution >= 4 is 45.7 Å². The quantitative estimate of drug-likeness (QED) is 0.549. The minimum Gasteiger partial charge on any atom is -0.459 e. The minimum absolute atomic E-state index is 0.163. The number of anilines is 1. The van der Waals surface area contributed by atoms with Crippen molar-refractivity contribution in [3.05, 3.63) is 75.5 Å². The topological polar surface area (TPSA) is 97.6 Å². The number of ether oxygens (including phenoxy) is 1. The van der Waals surface area contributed by atoms with Crippen molar-refractivity contribution < 1.29 is 23.5 Å². The maximum absolute atomic E-state index is 12.3. The van der Waals surface area contributed by atoms with Gasteiger partial charge in [-0.3, -0.25) is 9.59 Å². The van der Waals surface area contributed by atoms with Crippen LogP contribution < -0.4 is 10.6 Å². The highest BCUT2D eigenvalue weighted by atomic mass is 35.5. The van der Waals surface area contributed by atoms with Crippen LogP contribution in [0.5, 0.6) is 0 Å². The highest BCUT2D eigenvalue weighted by Crippen LogP contribution is 2.27. The Morgan fingerprint density at radius 1 is 1.17 bits per heavy atom. The Morgan fingerprint density at radius 3 is 2.72 bits per heavy atom. The number of halogens is 1. The molecule has 3 aromatic rings. The molecule has 2 heterocycles. The standard InChI is InChI=1S/C20H17ClN2O5S/c1-12-8-17(23-19(25)15-6-3-7-27-15)29-18(12)20(26)28-11-16(24)22-10-13-4-2-5-14(21)9-13/h2-9H,10-11H2,1H3,(H,22,24)(H,23,25). The molecule has 29 heavy (non-hydrogen) atoms. The molecule has 3 rings (SSSR count). The molecule has 2 aromatic heterocycles. The molecule has 150 valence electrons. The summed E-state index contributed by atoms with van der Waals surface area (Å²) in [5.74, 6) is -1.32. The number of carbonyl (C=O) groups is 3. The summed E-state index contributed by atoms with van der Waals surface area (Å²) >= 11 is 6.96. The number of hydrogen-bond donors (Lipinski definition) is 2. The Balaban J connectivity index is 1.50. The van der Waals surface area contributed by atoms with Crippen LogP contribution in [0.4, 0.5) is 5.00 Å². The van der Waals surface area contributed by atoms with E-state index in [1.54, 1.807) is 37.3 Å². The minimum atomic E-state index is -0.635. The lowest BCUT2D eigenvalue weighted by Gasteiger charge is -2.07. The van der Waals surface area contributed by atoms with Crippen LogP contribution in [-0.4, -0.2) is 24.4 Å². The van der Waals surface area contributed by atoms with Crippen molar-refractivity contribution in [1.29, 1.82) is 0 Å². The van der Waals surface area contributed by atoms with Gasteiger partial charge in [-0.1, -0.05) is 23.7 Å². The number of esters is 1. The van der Waals surface area contributed by atoms with Crippen molar-refractivity contribution in [3.63, 3.8) is 0 Å². The van der Waals surface area contributed by atoms with Gasteiger partial charge < -0.3 is 19.8 Å². The smallest absolute Gasteiger partial charge is 0.349 e. The van der Waals surface area contributed by atoms with Crippen LogP contribution in [0, 0.1) is 6.92 Å². The first-order chi connectivity index (χ1) is 13.9. The maximum Gasteiger partial charge on any atom is 0.349 e. The number of benzene rings is 1. The van der Waals surface area contributed by atoms with E-state index >= 15 is 0 Å². The summed E-state index contributed by atoms with van der Waals surface area (Å²) < 4.78 is 10.1. The molecule has 0 bridgehead atoms. The van der Waals surface area contributed by atoms with E-state index < -0.39 is 24.4 Å². The Morgan fingerprint density at radius 2 is 2.00 bits per heavy atom. The molecule has 0 unspecified atom stereocenters. The van der Waals surface area contributed by atoms with Gasteiger partial charge in [-0.05, 0) is 48.4 Å². The normalized spacial score (nSPS) is 10.4. The molecule has 0 aliphatic heterocycles. The number of rotatable bonds is 7. The molecule has 0 aliphatic rings. The number of hydrogen-bond acceptors (Lipinski definition) is 6. The largest absolute Gasteiger partial charge is 0.459 e.